The molecule has 262 valence electrons. The first kappa shape index (κ1) is 33.1. The van der Waals surface area contributed by atoms with Crippen molar-refractivity contribution in [1.82, 2.24) is 5.32 Å². The van der Waals surface area contributed by atoms with Crippen LogP contribution in [0.15, 0.2) is 54.6 Å². The molecular formula is C42H47NO7. The minimum absolute atomic E-state index is 0.0320. The summed E-state index contributed by atoms with van der Waals surface area (Å²) in [5.41, 5.74) is 3.82. The van der Waals surface area contributed by atoms with E-state index < -0.39 is 17.4 Å². The summed E-state index contributed by atoms with van der Waals surface area (Å²) >= 11 is 0. The van der Waals surface area contributed by atoms with Crippen LogP contribution in [0.25, 0.3) is 0 Å². The van der Waals surface area contributed by atoms with E-state index in [0.29, 0.717) is 30.0 Å². The first-order chi connectivity index (χ1) is 24.2. The van der Waals surface area contributed by atoms with Gasteiger partial charge in [0, 0.05) is 54.5 Å². The van der Waals surface area contributed by atoms with Crippen LogP contribution in [0, 0.1) is 41.4 Å². The number of benzene rings is 3. The van der Waals surface area contributed by atoms with Gasteiger partial charge >= 0.3 is 0 Å². The lowest BCUT2D eigenvalue weighted by Crippen LogP contribution is -2.71. The molecule has 1 saturated heterocycles. The number of Topliss-reactive ketones (excluding diaryl/α,β-unsaturated/α-hetero) is 1. The van der Waals surface area contributed by atoms with Crippen LogP contribution in [-0.4, -0.2) is 57.1 Å². The molecule has 1 heterocycles. The Balaban J connectivity index is 1.30. The summed E-state index contributed by atoms with van der Waals surface area (Å²) in [6.07, 6.45) is 4.82. The van der Waals surface area contributed by atoms with Crippen LogP contribution in [0.3, 0.4) is 0 Å². The molecule has 0 aromatic heterocycles. The Morgan fingerprint density at radius 3 is 2.48 bits per heavy atom. The lowest BCUT2D eigenvalue weighted by atomic mass is 9.40. The van der Waals surface area contributed by atoms with Gasteiger partial charge in [0.15, 0.2) is 23.0 Å². The minimum atomic E-state index is -0.967. The van der Waals surface area contributed by atoms with E-state index >= 15 is 0 Å². The molecule has 50 heavy (non-hydrogen) atoms. The standard InChI is InChI=1S/C42H47NO7/c1-50-39-19-31(28(22-44)15-37(39)48)30-16-29(45)17-38(49)41-27(10-9-25(30)13-23-5-3-2-4-6-23)21-43-40-12-11-24-7-8-26-14-33(24)42(40,41)34-20-36(47)35(46)18-32(26)34/h2-6,15,18-20,24-27,30,33,38,40-41,43-44,46-49H,7-8,11-14,16-17,21-22H2,1H3/t24-,25-,26-,27+,30-,33-,38-,40-,41-,42-/m0/s1. The van der Waals surface area contributed by atoms with Crippen molar-refractivity contribution in [2.24, 2.45) is 29.6 Å². The van der Waals surface area contributed by atoms with Crippen LogP contribution in [0.2, 0.25) is 0 Å². The second kappa shape index (κ2) is 12.9. The van der Waals surface area contributed by atoms with Gasteiger partial charge in [0.1, 0.15) is 5.78 Å². The molecule has 8 heteroatoms. The number of fused-ring (bicyclic) bond motifs is 4. The highest BCUT2D eigenvalue weighted by atomic mass is 16.5. The van der Waals surface area contributed by atoms with E-state index in [1.807, 2.05) is 18.2 Å². The average Bonchev–Trinajstić information content (AvgIpc) is 3.12. The lowest BCUT2D eigenvalue weighted by molar-refractivity contribution is -0.128. The summed E-state index contributed by atoms with van der Waals surface area (Å²) < 4.78 is 5.48. The summed E-state index contributed by atoms with van der Waals surface area (Å²) in [6, 6.07) is 16.9. The van der Waals surface area contributed by atoms with Gasteiger partial charge in [-0.05, 0) is 108 Å². The van der Waals surface area contributed by atoms with Gasteiger partial charge in [0.25, 0.3) is 0 Å². The molecule has 8 rings (SSSR count). The molecule has 4 aliphatic carbocycles. The quantitative estimate of drug-likeness (QED) is 0.156. The zero-order chi connectivity index (χ0) is 34.7. The number of carbonyl (C=O) groups excluding carboxylic acids is 1. The maximum atomic E-state index is 14.3. The number of phenolic OH excluding ortho intramolecular Hbond substituents is 3. The van der Waals surface area contributed by atoms with Crippen molar-refractivity contribution < 1.29 is 35.1 Å². The first-order valence-corrected chi connectivity index (χ1v) is 18.3. The predicted molar refractivity (Wildman–Crippen MR) is 188 cm³/mol. The maximum absolute atomic E-state index is 14.3. The topological polar surface area (TPSA) is 139 Å². The van der Waals surface area contributed by atoms with Crippen molar-refractivity contribution in [3.63, 3.8) is 0 Å². The van der Waals surface area contributed by atoms with E-state index in [1.54, 1.807) is 18.2 Å². The largest absolute Gasteiger partial charge is 0.504 e. The minimum Gasteiger partial charge on any atom is -0.504 e. The van der Waals surface area contributed by atoms with E-state index in [2.05, 4.69) is 29.3 Å². The van der Waals surface area contributed by atoms with Crippen molar-refractivity contribution in [2.75, 3.05) is 13.7 Å². The van der Waals surface area contributed by atoms with Gasteiger partial charge in [0.2, 0.25) is 0 Å². The van der Waals surface area contributed by atoms with Gasteiger partial charge in [-0.25, -0.2) is 0 Å². The number of carbonyl (C=O) groups is 1. The summed E-state index contributed by atoms with van der Waals surface area (Å²) in [4.78, 5) is 14.3. The number of hydrogen-bond acceptors (Lipinski definition) is 8. The van der Waals surface area contributed by atoms with Gasteiger partial charge in [-0.2, -0.15) is 0 Å². The van der Waals surface area contributed by atoms with Crippen LogP contribution in [0.4, 0.5) is 0 Å². The second-order valence-electron chi connectivity index (χ2n) is 15.5. The third-order valence-electron chi connectivity index (χ3n) is 13.2. The molecule has 3 fully saturated rings. The van der Waals surface area contributed by atoms with Gasteiger partial charge in [0.05, 0.1) is 19.8 Å². The number of rotatable bonds is 5. The number of phenols is 3. The molecule has 3 aromatic rings. The number of hydrogen-bond donors (Lipinski definition) is 6. The van der Waals surface area contributed by atoms with Crippen LogP contribution < -0.4 is 10.1 Å². The Bertz CT molecular complexity index is 1850. The molecular weight excluding hydrogens is 630 g/mol. The molecule has 5 aliphatic rings. The molecule has 1 aliphatic heterocycles. The fourth-order valence-corrected chi connectivity index (χ4v) is 11.2. The zero-order valence-electron chi connectivity index (χ0n) is 28.5. The van der Waals surface area contributed by atoms with Gasteiger partial charge in [-0.15, -0.1) is 0 Å². The third-order valence-corrected chi connectivity index (χ3v) is 13.2. The van der Waals surface area contributed by atoms with Gasteiger partial charge in [-0.3, -0.25) is 4.79 Å². The molecule has 0 amide bonds. The van der Waals surface area contributed by atoms with Crippen molar-refractivity contribution in [3.8, 4) is 34.8 Å². The highest BCUT2D eigenvalue weighted by Crippen LogP contribution is 2.66. The first-order valence-electron chi connectivity index (χ1n) is 18.3. The van der Waals surface area contributed by atoms with Gasteiger partial charge < -0.3 is 35.6 Å². The fraction of sp³-hybridized carbons (Fsp3) is 0.500. The number of ether oxygens (including phenoxy) is 1. The summed E-state index contributed by atoms with van der Waals surface area (Å²) in [5.74, 6) is 6.87. The Morgan fingerprint density at radius 1 is 0.920 bits per heavy atom. The average molecular weight is 678 g/mol. The van der Waals surface area contributed by atoms with E-state index in [4.69, 9.17) is 4.74 Å². The van der Waals surface area contributed by atoms with Crippen LogP contribution in [0.1, 0.15) is 84.6 Å². The number of aliphatic hydroxyl groups is 2. The van der Waals surface area contributed by atoms with Crippen molar-refractivity contribution >= 4 is 5.78 Å². The molecule has 0 unspecified atom stereocenters. The summed E-state index contributed by atoms with van der Waals surface area (Å²) in [7, 11) is 1.48. The van der Waals surface area contributed by atoms with Crippen molar-refractivity contribution in [1.29, 1.82) is 0 Å². The van der Waals surface area contributed by atoms with E-state index in [9.17, 15) is 30.3 Å². The molecule has 1 spiro atoms. The maximum Gasteiger partial charge on any atom is 0.160 e. The number of aromatic hydroxyl groups is 3. The zero-order valence-corrected chi connectivity index (χ0v) is 28.5. The summed E-state index contributed by atoms with van der Waals surface area (Å²) in [6.45, 7) is 0.253. The highest BCUT2D eigenvalue weighted by molar-refractivity contribution is 5.80. The number of aliphatic hydroxyl groups excluding tert-OH is 2. The molecule has 0 radical (unpaired) electrons. The molecule has 2 bridgehead atoms. The smallest absolute Gasteiger partial charge is 0.160 e. The summed E-state index contributed by atoms with van der Waals surface area (Å²) in [5, 5.41) is 59.0. The molecule has 3 aromatic carbocycles. The Hall–Kier alpha value is -4.03. The second-order valence-corrected chi connectivity index (χ2v) is 15.5. The van der Waals surface area contributed by atoms with Crippen molar-refractivity contribution in [2.45, 2.75) is 87.4 Å². The van der Waals surface area contributed by atoms with E-state index in [-0.39, 0.29) is 83.9 Å². The van der Waals surface area contributed by atoms with Gasteiger partial charge in [-0.1, -0.05) is 42.2 Å². The normalized spacial score (nSPS) is 34.3. The number of piperidine rings is 1. The Morgan fingerprint density at radius 2 is 1.70 bits per heavy atom. The Kier molecular flexibility index (Phi) is 8.57. The van der Waals surface area contributed by atoms with Crippen LogP contribution in [-0.2, 0) is 23.2 Å². The number of methoxy groups -OCH3 is 1. The van der Waals surface area contributed by atoms with Crippen molar-refractivity contribution in [3.05, 3.63) is 82.4 Å². The molecule has 6 N–H and O–H groups in total. The Labute approximate surface area is 293 Å². The fourth-order valence-electron chi connectivity index (χ4n) is 11.2. The van der Waals surface area contributed by atoms with E-state index in [0.717, 1.165) is 48.8 Å². The van der Waals surface area contributed by atoms with E-state index in [1.165, 1.54) is 13.2 Å². The molecule has 2 saturated carbocycles. The number of nitrogens with one attached hydrogen (secondary N) is 1. The lowest BCUT2D eigenvalue weighted by Gasteiger charge is -2.66. The van der Waals surface area contributed by atoms with Crippen LogP contribution >= 0.6 is 0 Å². The highest BCUT2D eigenvalue weighted by Gasteiger charge is 2.65. The molecule has 8 nitrogen and oxygen atoms in total. The van der Waals surface area contributed by atoms with Crippen LogP contribution in [0.5, 0.6) is 23.0 Å². The predicted octanol–water partition coefficient (Wildman–Crippen LogP) is 5.42. The SMILES string of the molecule is COc1cc([C@H]2CC(=O)C[C@H](O)[C@@H]3[C@H](C#C[C@H]2Cc2ccccc2)CN[C@H]2CC[C@@H]4CC[C@H]5C[C@@H]4[C@@]32c2cc(O)c(O)cc25)c(CO)cc1O. The number of ketones is 1. The monoisotopic (exact) mass is 677 g/mol. The molecule has 10 atom stereocenters. The third kappa shape index (κ3) is 5.28.